The van der Waals surface area contributed by atoms with E-state index < -0.39 is 0 Å². The topological polar surface area (TPSA) is 44.2 Å². The van der Waals surface area contributed by atoms with E-state index in [0.717, 1.165) is 5.75 Å². The lowest BCUT2D eigenvalue weighted by molar-refractivity contribution is 0.415. The fourth-order valence-electron chi connectivity index (χ4n) is 2.15. The number of alkyl halides is 1. The van der Waals surface area contributed by atoms with Gasteiger partial charge in [-0.15, -0.1) is 0 Å². The van der Waals surface area contributed by atoms with E-state index in [4.69, 9.17) is 4.74 Å². The third-order valence-corrected chi connectivity index (χ3v) is 4.55. The van der Waals surface area contributed by atoms with Crippen LogP contribution in [0.15, 0.2) is 36.4 Å². The highest BCUT2D eigenvalue weighted by Gasteiger charge is 2.24. The van der Waals surface area contributed by atoms with Gasteiger partial charge in [-0.2, -0.15) is 0 Å². The van der Waals surface area contributed by atoms with Crippen molar-refractivity contribution in [3.05, 3.63) is 42.0 Å². The minimum absolute atomic E-state index is 0. The number of halogens is 1. The van der Waals surface area contributed by atoms with Crippen molar-refractivity contribution >= 4 is 33.4 Å². The molecule has 2 rings (SSSR count). The lowest BCUT2D eigenvalue weighted by atomic mass is 9.87. The molecular weight excluding hydrogens is 349 g/mol. The number of hydrogen-bond donors (Lipinski definition) is 1. The Bertz CT molecular complexity index is 560. The molecule has 0 amide bonds. The minimum Gasteiger partial charge on any atom is -0.497 e. The fourth-order valence-corrected chi connectivity index (χ4v) is 2.49. The van der Waals surface area contributed by atoms with E-state index in [1.54, 1.807) is 7.11 Å². The Morgan fingerprint density at radius 2 is 1.84 bits per heavy atom. The molecule has 2 aromatic carbocycles. The van der Waals surface area contributed by atoms with Gasteiger partial charge in [0.1, 0.15) is 5.75 Å². The fraction of sp³-hybridized carbons (Fsp3) is 0.375. The molecule has 3 heteroatoms. The van der Waals surface area contributed by atoms with Gasteiger partial charge in [0, 0.05) is 3.42 Å². The molecule has 0 fully saturated rings. The SMILES string of the molecule is COc1ccc2cccc(C(C)C(C)(C)I)c2c1.N. The first kappa shape index (κ1) is 16.2. The van der Waals surface area contributed by atoms with Crippen molar-refractivity contribution in [2.75, 3.05) is 7.11 Å². The van der Waals surface area contributed by atoms with E-state index in [0.29, 0.717) is 5.92 Å². The zero-order chi connectivity index (χ0) is 13.3. The summed E-state index contributed by atoms with van der Waals surface area (Å²) in [6.45, 7) is 6.84. The molecule has 0 saturated carbocycles. The van der Waals surface area contributed by atoms with Gasteiger partial charge in [0.25, 0.3) is 0 Å². The molecule has 0 saturated heterocycles. The Balaban J connectivity index is 0.00000180. The largest absolute Gasteiger partial charge is 0.497 e. The zero-order valence-electron chi connectivity index (χ0n) is 12.0. The highest BCUT2D eigenvalue weighted by atomic mass is 127. The summed E-state index contributed by atoms with van der Waals surface area (Å²) in [6.07, 6.45) is 0. The predicted molar refractivity (Wildman–Crippen MR) is 92.0 cm³/mol. The van der Waals surface area contributed by atoms with Crippen LogP contribution in [0.1, 0.15) is 32.3 Å². The van der Waals surface area contributed by atoms with Gasteiger partial charge in [0.05, 0.1) is 7.11 Å². The first-order valence-corrected chi connectivity index (χ1v) is 7.27. The van der Waals surface area contributed by atoms with Crippen LogP contribution in [0.25, 0.3) is 10.8 Å². The van der Waals surface area contributed by atoms with E-state index >= 15 is 0 Å². The summed E-state index contributed by atoms with van der Waals surface area (Å²) in [5.74, 6) is 1.42. The van der Waals surface area contributed by atoms with Crippen molar-refractivity contribution in [1.82, 2.24) is 6.15 Å². The smallest absolute Gasteiger partial charge is 0.119 e. The quantitative estimate of drug-likeness (QED) is 0.586. The van der Waals surface area contributed by atoms with Crippen molar-refractivity contribution in [2.45, 2.75) is 30.1 Å². The minimum atomic E-state index is 0. The first-order valence-electron chi connectivity index (χ1n) is 6.19. The highest BCUT2D eigenvalue weighted by Crippen LogP contribution is 2.38. The van der Waals surface area contributed by atoms with Crippen LogP contribution < -0.4 is 10.9 Å². The Kier molecular flexibility index (Phi) is 5.21. The number of rotatable bonds is 3. The molecule has 0 bridgehead atoms. The summed E-state index contributed by atoms with van der Waals surface area (Å²) in [7, 11) is 1.72. The van der Waals surface area contributed by atoms with Gasteiger partial charge in [-0.05, 0) is 34.4 Å². The molecule has 19 heavy (non-hydrogen) atoms. The number of benzene rings is 2. The van der Waals surface area contributed by atoms with Gasteiger partial charge in [-0.3, -0.25) is 0 Å². The van der Waals surface area contributed by atoms with Crippen LogP contribution in [-0.2, 0) is 0 Å². The number of hydrogen-bond acceptors (Lipinski definition) is 2. The molecule has 3 N–H and O–H groups in total. The molecule has 0 aliphatic heterocycles. The third kappa shape index (κ3) is 3.39. The molecule has 0 radical (unpaired) electrons. The van der Waals surface area contributed by atoms with Crippen LogP contribution in [-0.4, -0.2) is 10.5 Å². The maximum atomic E-state index is 5.34. The summed E-state index contributed by atoms with van der Waals surface area (Å²) in [5, 5.41) is 2.58. The van der Waals surface area contributed by atoms with Crippen molar-refractivity contribution in [3.8, 4) is 5.75 Å². The van der Waals surface area contributed by atoms with Crippen molar-refractivity contribution in [1.29, 1.82) is 0 Å². The van der Waals surface area contributed by atoms with Gasteiger partial charge in [-0.1, -0.05) is 67.6 Å². The van der Waals surface area contributed by atoms with E-state index in [1.165, 1.54) is 16.3 Å². The zero-order valence-corrected chi connectivity index (χ0v) is 14.2. The molecule has 2 nitrogen and oxygen atoms in total. The second-order valence-corrected chi connectivity index (χ2v) is 8.00. The predicted octanol–water partition coefficient (Wildman–Crippen LogP) is 5.33. The molecule has 0 spiro atoms. The van der Waals surface area contributed by atoms with Crippen molar-refractivity contribution in [3.63, 3.8) is 0 Å². The Morgan fingerprint density at radius 3 is 2.42 bits per heavy atom. The summed E-state index contributed by atoms with van der Waals surface area (Å²) in [5.41, 5.74) is 1.39. The molecule has 1 atom stereocenters. The third-order valence-electron chi connectivity index (χ3n) is 3.62. The molecule has 104 valence electrons. The summed E-state index contributed by atoms with van der Waals surface area (Å²) in [6, 6.07) is 12.8. The van der Waals surface area contributed by atoms with Crippen LogP contribution in [0, 0.1) is 0 Å². The highest BCUT2D eigenvalue weighted by molar-refractivity contribution is 14.1. The van der Waals surface area contributed by atoms with Crippen LogP contribution in [0.4, 0.5) is 0 Å². The molecule has 1 unspecified atom stereocenters. The lowest BCUT2D eigenvalue weighted by Gasteiger charge is -2.27. The van der Waals surface area contributed by atoms with E-state index in [1.807, 2.05) is 6.07 Å². The van der Waals surface area contributed by atoms with Gasteiger partial charge in [0.2, 0.25) is 0 Å². The second-order valence-electron chi connectivity index (χ2n) is 5.22. The van der Waals surface area contributed by atoms with Crippen LogP contribution >= 0.6 is 22.6 Å². The monoisotopic (exact) mass is 371 g/mol. The molecular formula is C16H22INO. The van der Waals surface area contributed by atoms with Crippen molar-refractivity contribution in [2.24, 2.45) is 0 Å². The molecule has 0 aliphatic rings. The summed E-state index contributed by atoms with van der Waals surface area (Å²) in [4.78, 5) is 0. The molecule has 2 aromatic rings. The van der Waals surface area contributed by atoms with Gasteiger partial charge >= 0.3 is 0 Å². The summed E-state index contributed by atoms with van der Waals surface area (Å²) < 4.78 is 5.57. The number of fused-ring (bicyclic) bond motifs is 1. The van der Waals surface area contributed by atoms with Gasteiger partial charge in [0.15, 0.2) is 0 Å². The molecule has 0 heterocycles. The Hall–Kier alpha value is -0.810. The van der Waals surface area contributed by atoms with Gasteiger partial charge < -0.3 is 10.9 Å². The van der Waals surface area contributed by atoms with E-state index in [-0.39, 0.29) is 9.57 Å². The lowest BCUT2D eigenvalue weighted by Crippen LogP contribution is -2.19. The normalized spacial score (nSPS) is 12.9. The van der Waals surface area contributed by atoms with Crippen molar-refractivity contribution < 1.29 is 4.74 Å². The Morgan fingerprint density at radius 1 is 1.16 bits per heavy atom. The van der Waals surface area contributed by atoms with Crippen LogP contribution in [0.3, 0.4) is 0 Å². The molecule has 0 aliphatic carbocycles. The number of ether oxygens (including phenoxy) is 1. The average Bonchev–Trinajstić information content (AvgIpc) is 2.35. The maximum absolute atomic E-state index is 5.34. The molecule has 0 aromatic heterocycles. The van der Waals surface area contributed by atoms with E-state index in [2.05, 4.69) is 73.7 Å². The van der Waals surface area contributed by atoms with E-state index in [9.17, 15) is 0 Å². The summed E-state index contributed by atoms with van der Waals surface area (Å²) >= 11 is 2.53. The Labute approximate surface area is 129 Å². The number of methoxy groups -OCH3 is 1. The van der Waals surface area contributed by atoms with Crippen LogP contribution in [0.5, 0.6) is 5.75 Å². The first-order chi connectivity index (χ1) is 8.43. The maximum Gasteiger partial charge on any atom is 0.119 e. The van der Waals surface area contributed by atoms with Gasteiger partial charge in [-0.25, -0.2) is 0 Å². The average molecular weight is 371 g/mol. The second kappa shape index (κ2) is 6.09. The van der Waals surface area contributed by atoms with Crippen LogP contribution in [0.2, 0.25) is 0 Å². The standard InChI is InChI=1S/C16H19IO.H3N/c1-11(16(2,3)17)14-7-5-6-12-8-9-13(18-4)10-15(12)14;/h5-11H,1-4H3;1H3.